The highest BCUT2D eigenvalue weighted by Gasteiger charge is 2.10. The van der Waals surface area contributed by atoms with E-state index in [2.05, 4.69) is 30.2 Å². The first-order valence-electron chi connectivity index (χ1n) is 6.91. The molecule has 3 aromatic heterocycles. The highest BCUT2D eigenvalue weighted by molar-refractivity contribution is 8.01. The summed E-state index contributed by atoms with van der Waals surface area (Å²) >= 11 is 8.51. The average Bonchev–Trinajstić information content (AvgIpc) is 3.20. The van der Waals surface area contributed by atoms with Gasteiger partial charge in [-0.15, -0.1) is 11.3 Å². The van der Waals surface area contributed by atoms with E-state index in [9.17, 15) is 0 Å². The molecule has 24 heavy (non-hydrogen) atoms. The van der Waals surface area contributed by atoms with Gasteiger partial charge in [-0.25, -0.2) is 15.0 Å². The number of aromatic nitrogens is 5. The minimum atomic E-state index is 0.201. The van der Waals surface area contributed by atoms with Crippen LogP contribution in [0.2, 0.25) is 0 Å². The highest BCUT2D eigenvalue weighted by Crippen LogP contribution is 2.25. The van der Waals surface area contributed by atoms with Crippen LogP contribution in [0.1, 0.15) is 0 Å². The fraction of sp³-hybridized carbons (Fsp3) is 0.0714. The Morgan fingerprint density at radius 3 is 3.17 bits per heavy atom. The maximum Gasteiger partial charge on any atom is 0.223 e. The van der Waals surface area contributed by atoms with Gasteiger partial charge in [0.15, 0.2) is 5.65 Å². The third kappa shape index (κ3) is 3.03. The molecule has 3 heterocycles. The summed E-state index contributed by atoms with van der Waals surface area (Å²) < 4.78 is 1.12. The lowest BCUT2D eigenvalue weighted by Gasteiger charge is -2.08. The lowest BCUT2D eigenvalue weighted by atomic mass is 10.3. The summed E-state index contributed by atoms with van der Waals surface area (Å²) in [6, 6.07) is 5.98. The van der Waals surface area contributed by atoms with Crippen molar-refractivity contribution in [1.82, 2.24) is 24.9 Å². The second-order valence-corrected chi connectivity index (χ2v) is 7.20. The zero-order valence-electron chi connectivity index (χ0n) is 12.2. The van der Waals surface area contributed by atoms with Gasteiger partial charge in [-0.1, -0.05) is 24.0 Å². The number of H-pyrrole nitrogens is 1. The number of fused-ring (bicyclic) bond motifs is 2. The molecule has 0 saturated heterocycles. The Balaban J connectivity index is 1.46. The molecular weight excluding hydrogens is 362 g/mol. The first kappa shape index (κ1) is 15.2. The van der Waals surface area contributed by atoms with Gasteiger partial charge in [-0.05, 0) is 18.2 Å². The number of nitrogen functional groups attached to an aromatic ring is 1. The van der Waals surface area contributed by atoms with Crippen LogP contribution in [0.15, 0.2) is 35.1 Å². The van der Waals surface area contributed by atoms with Crippen LogP contribution >= 0.6 is 35.3 Å². The van der Waals surface area contributed by atoms with Gasteiger partial charge in [0, 0.05) is 5.69 Å². The van der Waals surface area contributed by atoms with Gasteiger partial charge in [0.05, 0.1) is 32.8 Å². The molecule has 0 amide bonds. The summed E-state index contributed by atoms with van der Waals surface area (Å²) in [5.41, 5.74) is 10.8. The molecule has 1 aromatic carbocycles. The fourth-order valence-electron chi connectivity index (χ4n) is 2.19. The van der Waals surface area contributed by atoms with Crippen LogP contribution in [-0.2, 0) is 0 Å². The molecule has 0 atom stereocenters. The smallest absolute Gasteiger partial charge is 0.223 e. The third-order valence-corrected chi connectivity index (χ3v) is 5.45. The number of hydrogen-bond acceptors (Lipinski definition) is 8. The van der Waals surface area contributed by atoms with Crippen LogP contribution in [0.3, 0.4) is 0 Å². The van der Waals surface area contributed by atoms with Gasteiger partial charge in [-0.2, -0.15) is 4.98 Å². The number of imidazole rings is 1. The van der Waals surface area contributed by atoms with Gasteiger partial charge >= 0.3 is 0 Å². The Hall–Kier alpha value is -2.30. The lowest BCUT2D eigenvalue weighted by molar-refractivity contribution is 1.10. The number of aromatic amines is 1. The Morgan fingerprint density at radius 2 is 2.25 bits per heavy atom. The summed E-state index contributed by atoms with van der Waals surface area (Å²) in [6.45, 7) is 0. The standard InChI is InChI=1S/C14H11N7S3/c15-14-20-12-11(16-5-17-12)13(21-14)23-4-10(22)19-7-1-2-8-9(3-7)24-6-18-8/h1-3,5-6H,4H2,(H,19,22)(H3,15,16,17,20,21). The van der Waals surface area contributed by atoms with E-state index in [4.69, 9.17) is 18.0 Å². The molecule has 0 unspecified atom stereocenters. The number of benzene rings is 1. The number of thiocarbonyl (C=S) groups is 1. The highest BCUT2D eigenvalue weighted by atomic mass is 32.2. The van der Waals surface area contributed by atoms with Crippen LogP contribution in [0.4, 0.5) is 11.6 Å². The van der Waals surface area contributed by atoms with E-state index in [1.54, 1.807) is 17.7 Å². The minimum absolute atomic E-state index is 0.201. The van der Waals surface area contributed by atoms with E-state index in [1.807, 2.05) is 23.7 Å². The van der Waals surface area contributed by atoms with Gasteiger partial charge in [0.1, 0.15) is 10.5 Å². The number of nitrogens with one attached hydrogen (secondary N) is 2. The van der Waals surface area contributed by atoms with Crippen LogP contribution < -0.4 is 11.1 Å². The van der Waals surface area contributed by atoms with E-state index < -0.39 is 0 Å². The number of nitrogens with two attached hydrogens (primary N) is 1. The van der Waals surface area contributed by atoms with Crippen molar-refractivity contribution in [3.05, 3.63) is 30.0 Å². The van der Waals surface area contributed by atoms with E-state index in [0.29, 0.717) is 16.4 Å². The predicted octanol–water partition coefficient (Wildman–Crippen LogP) is 3.08. The molecule has 4 aromatic rings. The topological polar surface area (TPSA) is 105 Å². The fourth-order valence-corrected chi connectivity index (χ4v) is 3.99. The summed E-state index contributed by atoms with van der Waals surface area (Å²) in [7, 11) is 0. The predicted molar refractivity (Wildman–Crippen MR) is 103 cm³/mol. The SMILES string of the molecule is Nc1nc(SCC(=S)Nc2ccc3ncsc3c2)c2[nH]cnc2n1. The number of nitrogens with zero attached hydrogens (tertiary/aromatic N) is 4. The molecule has 0 bridgehead atoms. The van der Waals surface area contributed by atoms with E-state index in [0.717, 1.165) is 26.4 Å². The van der Waals surface area contributed by atoms with Crippen LogP contribution in [0.25, 0.3) is 21.4 Å². The lowest BCUT2D eigenvalue weighted by Crippen LogP contribution is -2.11. The molecule has 7 nitrogen and oxygen atoms in total. The van der Waals surface area contributed by atoms with Crippen LogP contribution in [0, 0.1) is 0 Å². The van der Waals surface area contributed by atoms with E-state index >= 15 is 0 Å². The number of anilines is 2. The maximum absolute atomic E-state index is 5.71. The molecule has 0 aliphatic heterocycles. The number of thioether (sulfide) groups is 1. The van der Waals surface area contributed by atoms with Crippen molar-refractivity contribution in [2.45, 2.75) is 5.03 Å². The largest absolute Gasteiger partial charge is 0.368 e. The molecule has 0 aliphatic carbocycles. The Morgan fingerprint density at radius 1 is 1.33 bits per heavy atom. The molecule has 0 spiro atoms. The molecule has 120 valence electrons. The number of thiazole rings is 1. The molecule has 4 N–H and O–H groups in total. The molecule has 0 saturated carbocycles. The molecular formula is C14H11N7S3. The summed E-state index contributed by atoms with van der Waals surface area (Å²) in [5, 5.41) is 3.97. The normalized spacial score (nSPS) is 11.2. The number of hydrogen-bond donors (Lipinski definition) is 3. The Bertz CT molecular complexity index is 1040. The van der Waals surface area contributed by atoms with E-state index in [1.165, 1.54) is 11.8 Å². The monoisotopic (exact) mass is 373 g/mol. The number of rotatable bonds is 4. The van der Waals surface area contributed by atoms with Gasteiger partial charge < -0.3 is 16.0 Å². The van der Waals surface area contributed by atoms with Gasteiger partial charge in [-0.3, -0.25) is 0 Å². The van der Waals surface area contributed by atoms with Crippen molar-refractivity contribution in [1.29, 1.82) is 0 Å². The summed E-state index contributed by atoms with van der Waals surface area (Å²) in [6.07, 6.45) is 1.57. The average molecular weight is 373 g/mol. The first-order chi connectivity index (χ1) is 11.7. The zero-order valence-corrected chi connectivity index (χ0v) is 14.6. The summed E-state index contributed by atoms with van der Waals surface area (Å²) in [5.74, 6) is 0.771. The Kier molecular flexibility index (Phi) is 4.00. The maximum atomic E-state index is 5.71. The minimum Gasteiger partial charge on any atom is -0.368 e. The summed E-state index contributed by atoms with van der Waals surface area (Å²) in [4.78, 5) is 20.4. The van der Waals surface area contributed by atoms with Gasteiger partial charge in [0.25, 0.3) is 0 Å². The molecule has 0 fully saturated rings. The van der Waals surface area contributed by atoms with Crippen molar-refractivity contribution in [3.8, 4) is 0 Å². The van der Waals surface area contributed by atoms with Crippen molar-refractivity contribution in [2.24, 2.45) is 0 Å². The third-order valence-electron chi connectivity index (χ3n) is 3.22. The Labute approximate surface area is 150 Å². The molecule has 4 rings (SSSR count). The van der Waals surface area contributed by atoms with E-state index in [-0.39, 0.29) is 5.95 Å². The zero-order chi connectivity index (χ0) is 16.5. The first-order valence-corrected chi connectivity index (χ1v) is 9.19. The van der Waals surface area contributed by atoms with Crippen LogP contribution in [0.5, 0.6) is 0 Å². The molecule has 0 radical (unpaired) electrons. The van der Waals surface area contributed by atoms with Crippen molar-refractivity contribution >= 4 is 73.3 Å². The second-order valence-electron chi connectivity index (χ2n) is 4.86. The molecule has 0 aliphatic rings. The van der Waals surface area contributed by atoms with Crippen molar-refractivity contribution < 1.29 is 0 Å². The quantitative estimate of drug-likeness (QED) is 0.285. The van der Waals surface area contributed by atoms with Crippen LogP contribution in [-0.4, -0.2) is 35.7 Å². The second kappa shape index (κ2) is 6.30. The van der Waals surface area contributed by atoms with Gasteiger partial charge in [0.2, 0.25) is 5.95 Å². The molecule has 10 heteroatoms. The van der Waals surface area contributed by atoms with Crippen molar-refractivity contribution in [2.75, 3.05) is 16.8 Å². The van der Waals surface area contributed by atoms with Crippen molar-refractivity contribution in [3.63, 3.8) is 0 Å².